The Morgan fingerprint density at radius 3 is 2.45 bits per heavy atom. The molecule has 20 heavy (non-hydrogen) atoms. The molecule has 1 aromatic carbocycles. The van der Waals surface area contributed by atoms with Gasteiger partial charge in [-0.2, -0.15) is 0 Å². The van der Waals surface area contributed by atoms with Crippen LogP contribution < -0.4 is 5.73 Å². The quantitative estimate of drug-likeness (QED) is 0.863. The van der Waals surface area contributed by atoms with E-state index >= 15 is 0 Å². The van der Waals surface area contributed by atoms with Gasteiger partial charge in [0.2, 0.25) is 5.91 Å². The van der Waals surface area contributed by atoms with Crippen LogP contribution >= 0.6 is 15.9 Å². The number of amides is 1. The predicted octanol–water partition coefficient (Wildman–Crippen LogP) is 3.46. The summed E-state index contributed by atoms with van der Waals surface area (Å²) >= 11 is 3.56. The molecule has 1 aromatic rings. The van der Waals surface area contributed by atoms with Crippen LogP contribution in [0.4, 0.5) is 0 Å². The summed E-state index contributed by atoms with van der Waals surface area (Å²) in [6.07, 6.45) is 3.56. The van der Waals surface area contributed by atoms with E-state index in [0.717, 1.165) is 22.9 Å². The Kier molecular flexibility index (Phi) is 4.86. The topological polar surface area (TPSA) is 46.3 Å². The Morgan fingerprint density at radius 2 is 1.95 bits per heavy atom. The SMILES string of the molecule is CCC(N)(CC)C(=O)N(Cc1ccccc1Br)C1CC1. The lowest BCUT2D eigenvalue weighted by Crippen LogP contribution is -2.55. The molecule has 0 aromatic heterocycles. The lowest BCUT2D eigenvalue weighted by atomic mass is 9.92. The summed E-state index contributed by atoms with van der Waals surface area (Å²) in [7, 11) is 0. The van der Waals surface area contributed by atoms with Crippen LogP contribution in [0.1, 0.15) is 45.1 Å². The molecule has 2 N–H and O–H groups in total. The Balaban J connectivity index is 2.20. The molecular weight excluding hydrogens is 316 g/mol. The fraction of sp³-hybridized carbons (Fsp3) is 0.562. The fourth-order valence-corrected chi connectivity index (χ4v) is 2.81. The van der Waals surface area contributed by atoms with Gasteiger partial charge < -0.3 is 10.6 Å². The highest BCUT2D eigenvalue weighted by Crippen LogP contribution is 2.32. The number of benzene rings is 1. The second kappa shape index (κ2) is 6.27. The summed E-state index contributed by atoms with van der Waals surface area (Å²) in [5.41, 5.74) is 6.72. The molecule has 3 nitrogen and oxygen atoms in total. The third kappa shape index (κ3) is 3.23. The van der Waals surface area contributed by atoms with Crippen molar-refractivity contribution in [3.05, 3.63) is 34.3 Å². The molecule has 0 aliphatic heterocycles. The van der Waals surface area contributed by atoms with E-state index in [-0.39, 0.29) is 5.91 Å². The second-order valence-corrected chi connectivity index (χ2v) is 6.47. The number of nitrogens with two attached hydrogens (primary N) is 1. The van der Waals surface area contributed by atoms with Crippen LogP contribution in [0.25, 0.3) is 0 Å². The minimum Gasteiger partial charge on any atom is -0.334 e. The molecule has 1 aliphatic carbocycles. The minimum atomic E-state index is -0.718. The summed E-state index contributed by atoms with van der Waals surface area (Å²) in [5.74, 6) is 0.0979. The van der Waals surface area contributed by atoms with E-state index in [9.17, 15) is 4.79 Å². The molecule has 1 amide bonds. The first-order valence-electron chi connectivity index (χ1n) is 7.35. The van der Waals surface area contributed by atoms with Gasteiger partial charge in [0, 0.05) is 17.1 Å². The molecule has 0 spiro atoms. The van der Waals surface area contributed by atoms with E-state index < -0.39 is 5.54 Å². The van der Waals surface area contributed by atoms with Gasteiger partial charge in [-0.05, 0) is 37.3 Å². The van der Waals surface area contributed by atoms with Crippen molar-refractivity contribution in [2.45, 2.75) is 57.7 Å². The van der Waals surface area contributed by atoms with Gasteiger partial charge in [0.25, 0.3) is 0 Å². The van der Waals surface area contributed by atoms with Crippen LogP contribution in [0.3, 0.4) is 0 Å². The van der Waals surface area contributed by atoms with E-state index in [0.29, 0.717) is 25.4 Å². The number of carbonyl (C=O) groups excluding carboxylic acids is 1. The summed E-state index contributed by atoms with van der Waals surface area (Å²) in [6, 6.07) is 8.44. The van der Waals surface area contributed by atoms with E-state index in [1.54, 1.807) is 0 Å². The molecule has 0 bridgehead atoms. The Labute approximate surface area is 129 Å². The number of hydrogen-bond acceptors (Lipinski definition) is 2. The van der Waals surface area contributed by atoms with Crippen molar-refractivity contribution in [3.8, 4) is 0 Å². The van der Waals surface area contributed by atoms with Crippen molar-refractivity contribution in [3.63, 3.8) is 0 Å². The Bertz CT molecular complexity index is 481. The fourth-order valence-electron chi connectivity index (χ4n) is 2.40. The molecule has 110 valence electrons. The summed E-state index contributed by atoms with van der Waals surface area (Å²) in [4.78, 5) is 14.8. The predicted molar refractivity (Wildman–Crippen MR) is 85.2 cm³/mol. The second-order valence-electron chi connectivity index (χ2n) is 5.62. The highest BCUT2D eigenvalue weighted by Gasteiger charge is 2.40. The standard InChI is InChI=1S/C16H23BrN2O/c1-3-16(18,4-2)15(20)19(13-9-10-13)11-12-7-5-6-8-14(12)17/h5-8,13H,3-4,9-11,18H2,1-2H3. The van der Waals surface area contributed by atoms with Gasteiger partial charge in [0.05, 0.1) is 5.54 Å². The van der Waals surface area contributed by atoms with E-state index in [2.05, 4.69) is 22.0 Å². The van der Waals surface area contributed by atoms with Gasteiger partial charge >= 0.3 is 0 Å². The molecule has 2 rings (SSSR count). The third-order valence-electron chi connectivity index (χ3n) is 4.23. The molecule has 0 saturated heterocycles. The van der Waals surface area contributed by atoms with Gasteiger partial charge in [0.1, 0.15) is 0 Å². The molecule has 0 heterocycles. The Morgan fingerprint density at radius 1 is 1.35 bits per heavy atom. The summed E-state index contributed by atoms with van der Waals surface area (Å²) in [6.45, 7) is 4.62. The van der Waals surface area contributed by atoms with E-state index in [1.165, 1.54) is 0 Å². The monoisotopic (exact) mass is 338 g/mol. The van der Waals surface area contributed by atoms with Gasteiger partial charge in [0.15, 0.2) is 0 Å². The lowest BCUT2D eigenvalue weighted by molar-refractivity contribution is -0.138. The molecule has 1 fully saturated rings. The Hall–Kier alpha value is -0.870. The normalized spacial score (nSPS) is 15.2. The van der Waals surface area contributed by atoms with Crippen LogP contribution in [0.2, 0.25) is 0 Å². The zero-order chi connectivity index (χ0) is 14.8. The first kappa shape index (κ1) is 15.5. The highest BCUT2D eigenvalue weighted by molar-refractivity contribution is 9.10. The average Bonchev–Trinajstić information content (AvgIpc) is 3.29. The van der Waals surface area contributed by atoms with Crippen LogP contribution in [0.15, 0.2) is 28.7 Å². The first-order valence-corrected chi connectivity index (χ1v) is 8.14. The molecule has 1 saturated carbocycles. The smallest absolute Gasteiger partial charge is 0.243 e. The molecule has 4 heteroatoms. The lowest BCUT2D eigenvalue weighted by Gasteiger charge is -2.33. The molecule has 0 atom stereocenters. The van der Waals surface area contributed by atoms with Crippen LogP contribution in [0.5, 0.6) is 0 Å². The van der Waals surface area contributed by atoms with Crippen molar-refractivity contribution in [1.29, 1.82) is 0 Å². The van der Waals surface area contributed by atoms with Crippen LogP contribution in [-0.4, -0.2) is 22.4 Å². The average molecular weight is 339 g/mol. The van der Waals surface area contributed by atoms with Gasteiger partial charge in [-0.3, -0.25) is 4.79 Å². The summed E-state index contributed by atoms with van der Waals surface area (Å²) < 4.78 is 1.05. The van der Waals surface area contributed by atoms with Gasteiger partial charge in [-0.1, -0.05) is 48.0 Å². The number of rotatable bonds is 6. The zero-order valence-electron chi connectivity index (χ0n) is 12.2. The maximum Gasteiger partial charge on any atom is 0.243 e. The van der Waals surface area contributed by atoms with Crippen LogP contribution in [-0.2, 0) is 11.3 Å². The largest absolute Gasteiger partial charge is 0.334 e. The molecule has 1 aliphatic rings. The number of halogens is 1. The van der Waals surface area contributed by atoms with Crippen molar-refractivity contribution < 1.29 is 4.79 Å². The van der Waals surface area contributed by atoms with Crippen molar-refractivity contribution in [2.24, 2.45) is 5.73 Å². The van der Waals surface area contributed by atoms with E-state index in [1.807, 2.05) is 36.9 Å². The van der Waals surface area contributed by atoms with E-state index in [4.69, 9.17) is 5.73 Å². The van der Waals surface area contributed by atoms with Crippen molar-refractivity contribution >= 4 is 21.8 Å². The van der Waals surface area contributed by atoms with Gasteiger partial charge in [-0.15, -0.1) is 0 Å². The van der Waals surface area contributed by atoms with Crippen molar-refractivity contribution in [2.75, 3.05) is 0 Å². The minimum absolute atomic E-state index is 0.0979. The zero-order valence-corrected chi connectivity index (χ0v) is 13.8. The third-order valence-corrected chi connectivity index (χ3v) is 5.01. The summed E-state index contributed by atoms with van der Waals surface area (Å²) in [5, 5.41) is 0. The molecule has 0 unspecified atom stereocenters. The molecule has 0 radical (unpaired) electrons. The first-order chi connectivity index (χ1) is 9.51. The molecular formula is C16H23BrN2O. The van der Waals surface area contributed by atoms with Gasteiger partial charge in [-0.25, -0.2) is 0 Å². The van der Waals surface area contributed by atoms with Crippen molar-refractivity contribution in [1.82, 2.24) is 4.90 Å². The number of nitrogens with zero attached hydrogens (tertiary/aromatic N) is 1. The number of hydrogen-bond donors (Lipinski definition) is 1. The maximum absolute atomic E-state index is 12.8. The maximum atomic E-state index is 12.8. The number of carbonyl (C=O) groups is 1. The highest BCUT2D eigenvalue weighted by atomic mass is 79.9. The van der Waals surface area contributed by atoms with Crippen LogP contribution in [0, 0.1) is 0 Å².